The number of phenolic OH excluding ortho intramolecular Hbond substituents is 1. The molecule has 0 aliphatic carbocycles. The number of unbranched alkanes of at least 4 members (excludes halogenated alkanes) is 10. The number of carbonyl (C=O) groups excluding carboxylic acids is 1. The molecule has 1 aliphatic heterocycles. The van der Waals surface area contributed by atoms with Gasteiger partial charge >= 0.3 is 0 Å². The van der Waals surface area contributed by atoms with Crippen LogP contribution in [-0.4, -0.2) is 23.6 Å². The summed E-state index contributed by atoms with van der Waals surface area (Å²) >= 11 is 0. The van der Waals surface area contributed by atoms with E-state index in [1.54, 1.807) is 0 Å². The summed E-state index contributed by atoms with van der Waals surface area (Å²) in [7, 11) is 0. The lowest BCUT2D eigenvalue weighted by molar-refractivity contribution is 0.0978. The molecule has 0 bridgehead atoms. The molecular weight excluding hydrogens is 444 g/mol. The summed E-state index contributed by atoms with van der Waals surface area (Å²) in [5.74, 6) is 0.546. The summed E-state index contributed by atoms with van der Waals surface area (Å²) in [5.41, 5.74) is 2.07. The molecule has 1 aliphatic rings. The lowest BCUT2D eigenvalue weighted by atomic mass is 9.78. The number of aromatic hydroxyl groups is 1. The van der Waals surface area contributed by atoms with E-state index < -0.39 is 0 Å². The summed E-state index contributed by atoms with van der Waals surface area (Å²) in [6.07, 6.45) is 22.0. The molecule has 1 aromatic carbocycles. The molecular formula is C33H54O3. The Morgan fingerprint density at radius 3 is 1.72 bits per heavy atom. The van der Waals surface area contributed by atoms with Gasteiger partial charge in [-0.2, -0.15) is 0 Å². The van der Waals surface area contributed by atoms with Gasteiger partial charge in [-0.05, 0) is 61.5 Å². The minimum Gasteiger partial charge on any atom is -0.507 e. The van der Waals surface area contributed by atoms with Crippen LogP contribution < -0.4 is 0 Å². The third-order valence-corrected chi connectivity index (χ3v) is 7.29. The monoisotopic (exact) mass is 498 g/mol. The number of benzene rings is 1. The number of hydrogen-bond donors (Lipinski definition) is 1. The van der Waals surface area contributed by atoms with E-state index in [0.29, 0.717) is 18.3 Å². The molecule has 3 heteroatoms. The Balaban J connectivity index is 1.57. The SMILES string of the molecule is CC(C)(C)c1cc(C(=O)CCCCCCCC/C=C/CCCCCCC2CO2)cc(C(C)(C)C)c1O. The van der Waals surface area contributed by atoms with Crippen LogP contribution in [0.4, 0.5) is 0 Å². The summed E-state index contributed by atoms with van der Waals surface area (Å²) in [6, 6.07) is 3.84. The highest BCUT2D eigenvalue weighted by Crippen LogP contribution is 2.40. The Morgan fingerprint density at radius 2 is 1.25 bits per heavy atom. The third-order valence-electron chi connectivity index (χ3n) is 7.29. The molecule has 0 aromatic heterocycles. The normalized spacial score (nSPS) is 16.1. The molecule has 1 unspecified atom stereocenters. The van der Waals surface area contributed by atoms with Crippen LogP contribution in [-0.2, 0) is 15.6 Å². The van der Waals surface area contributed by atoms with Crippen LogP contribution in [0.1, 0.15) is 153 Å². The Morgan fingerprint density at radius 1 is 0.806 bits per heavy atom. The molecule has 0 radical (unpaired) electrons. The number of rotatable bonds is 17. The van der Waals surface area contributed by atoms with Gasteiger partial charge in [0.25, 0.3) is 0 Å². The molecule has 1 heterocycles. The topological polar surface area (TPSA) is 49.8 Å². The first kappa shape index (κ1) is 30.6. The van der Waals surface area contributed by atoms with Gasteiger partial charge in [0.05, 0.1) is 12.7 Å². The number of Topliss-reactive ketones (excluding diaryl/α,β-unsaturated/α-hetero) is 1. The number of ether oxygens (including phenoxy) is 1. The van der Waals surface area contributed by atoms with Crippen LogP contribution in [0.2, 0.25) is 0 Å². The number of carbonyl (C=O) groups is 1. The molecule has 2 rings (SSSR count). The van der Waals surface area contributed by atoms with Crippen molar-refractivity contribution in [2.24, 2.45) is 0 Å². The Kier molecular flexibility index (Phi) is 12.7. The van der Waals surface area contributed by atoms with Gasteiger partial charge in [0.15, 0.2) is 5.78 Å². The van der Waals surface area contributed by atoms with Crippen LogP contribution in [0.5, 0.6) is 5.75 Å². The quantitative estimate of drug-likeness (QED) is 0.101. The maximum Gasteiger partial charge on any atom is 0.162 e. The van der Waals surface area contributed by atoms with Crippen molar-refractivity contribution in [1.82, 2.24) is 0 Å². The molecule has 0 amide bonds. The molecule has 0 saturated carbocycles. The van der Waals surface area contributed by atoms with Crippen molar-refractivity contribution < 1.29 is 14.6 Å². The smallest absolute Gasteiger partial charge is 0.162 e. The molecule has 204 valence electrons. The zero-order valence-corrected chi connectivity index (χ0v) is 24.3. The summed E-state index contributed by atoms with van der Waals surface area (Å²) in [4.78, 5) is 13.0. The van der Waals surface area contributed by atoms with Gasteiger partial charge in [-0.15, -0.1) is 0 Å². The zero-order chi connectivity index (χ0) is 26.6. The highest BCUT2D eigenvalue weighted by molar-refractivity contribution is 5.96. The Bertz CT molecular complexity index is 783. The van der Waals surface area contributed by atoms with Crippen molar-refractivity contribution in [2.45, 2.75) is 148 Å². The van der Waals surface area contributed by atoms with Crippen LogP contribution in [0.3, 0.4) is 0 Å². The van der Waals surface area contributed by atoms with Gasteiger partial charge in [-0.3, -0.25) is 4.79 Å². The predicted molar refractivity (Wildman–Crippen MR) is 153 cm³/mol. The van der Waals surface area contributed by atoms with E-state index in [1.807, 2.05) is 12.1 Å². The van der Waals surface area contributed by atoms with E-state index in [0.717, 1.165) is 36.1 Å². The Labute approximate surface area is 222 Å². The number of phenols is 1. The van der Waals surface area contributed by atoms with Crippen LogP contribution in [0, 0.1) is 0 Å². The van der Waals surface area contributed by atoms with Gasteiger partial charge in [-0.25, -0.2) is 0 Å². The fourth-order valence-electron chi connectivity index (χ4n) is 4.80. The van der Waals surface area contributed by atoms with Crippen molar-refractivity contribution in [2.75, 3.05) is 6.61 Å². The minimum atomic E-state index is -0.208. The van der Waals surface area contributed by atoms with Crippen molar-refractivity contribution in [3.8, 4) is 5.75 Å². The highest BCUT2D eigenvalue weighted by Gasteiger charge is 2.27. The first-order valence-corrected chi connectivity index (χ1v) is 14.7. The molecule has 1 atom stereocenters. The van der Waals surface area contributed by atoms with Crippen molar-refractivity contribution in [3.05, 3.63) is 41.0 Å². The first-order valence-electron chi connectivity index (χ1n) is 14.7. The second kappa shape index (κ2) is 15.0. The first-order chi connectivity index (χ1) is 17.0. The molecule has 1 fully saturated rings. The fraction of sp³-hybridized carbons (Fsp3) is 0.727. The molecule has 1 aromatic rings. The highest BCUT2D eigenvalue weighted by atomic mass is 16.6. The van der Waals surface area contributed by atoms with Gasteiger partial charge in [0.2, 0.25) is 0 Å². The number of ketones is 1. The summed E-state index contributed by atoms with van der Waals surface area (Å²) in [6.45, 7) is 13.5. The standard InChI is InChI=1S/C33H54O3/c1-32(2,3)28-23-26(24-29(31(28)35)33(4,5)6)30(34)22-20-18-16-14-12-10-8-7-9-11-13-15-17-19-21-27-25-36-27/h7,9,23-24,27,35H,8,10-22,25H2,1-6H3/b9-7+. The largest absolute Gasteiger partial charge is 0.507 e. The van der Waals surface area contributed by atoms with Gasteiger partial charge < -0.3 is 9.84 Å². The maximum atomic E-state index is 13.0. The van der Waals surface area contributed by atoms with Crippen molar-refractivity contribution in [1.29, 1.82) is 0 Å². The molecule has 0 spiro atoms. The molecule has 3 nitrogen and oxygen atoms in total. The predicted octanol–water partition coefficient (Wildman–Crippen LogP) is 9.59. The van der Waals surface area contributed by atoms with E-state index in [1.165, 1.54) is 70.6 Å². The van der Waals surface area contributed by atoms with Crippen LogP contribution >= 0.6 is 0 Å². The number of epoxide rings is 1. The van der Waals surface area contributed by atoms with E-state index in [4.69, 9.17) is 4.74 Å². The number of allylic oxidation sites excluding steroid dienone is 2. The van der Waals surface area contributed by atoms with E-state index in [2.05, 4.69) is 53.7 Å². The van der Waals surface area contributed by atoms with Crippen molar-refractivity contribution in [3.63, 3.8) is 0 Å². The van der Waals surface area contributed by atoms with E-state index in [9.17, 15) is 9.90 Å². The van der Waals surface area contributed by atoms with Crippen molar-refractivity contribution >= 4 is 5.78 Å². The lowest BCUT2D eigenvalue weighted by Gasteiger charge is -2.28. The van der Waals surface area contributed by atoms with E-state index >= 15 is 0 Å². The average Bonchev–Trinajstić information content (AvgIpc) is 3.61. The van der Waals surface area contributed by atoms with Crippen LogP contribution in [0.15, 0.2) is 24.3 Å². The second-order valence-electron chi connectivity index (χ2n) is 12.9. The molecule has 1 N–H and O–H groups in total. The summed E-state index contributed by atoms with van der Waals surface area (Å²) < 4.78 is 5.25. The van der Waals surface area contributed by atoms with Crippen LogP contribution in [0.25, 0.3) is 0 Å². The Hall–Kier alpha value is -1.61. The number of hydrogen-bond acceptors (Lipinski definition) is 3. The van der Waals surface area contributed by atoms with Gasteiger partial charge in [-0.1, -0.05) is 98.6 Å². The average molecular weight is 499 g/mol. The maximum absolute atomic E-state index is 13.0. The fourth-order valence-corrected chi connectivity index (χ4v) is 4.80. The van der Waals surface area contributed by atoms with Gasteiger partial charge in [0, 0.05) is 23.1 Å². The molecule has 1 saturated heterocycles. The molecule has 36 heavy (non-hydrogen) atoms. The van der Waals surface area contributed by atoms with E-state index in [-0.39, 0.29) is 16.6 Å². The second-order valence-corrected chi connectivity index (χ2v) is 12.9. The minimum absolute atomic E-state index is 0.202. The third kappa shape index (κ3) is 11.6. The zero-order valence-electron chi connectivity index (χ0n) is 24.3. The van der Waals surface area contributed by atoms with Gasteiger partial charge in [0.1, 0.15) is 5.75 Å². The summed E-state index contributed by atoms with van der Waals surface area (Å²) in [5, 5.41) is 10.9. The lowest BCUT2D eigenvalue weighted by Crippen LogP contribution is -2.18.